The van der Waals surface area contributed by atoms with Crippen molar-refractivity contribution >= 4 is 12.6 Å². The second kappa shape index (κ2) is 6.65. The summed E-state index contributed by atoms with van der Waals surface area (Å²) < 4.78 is 50.6. The molecule has 0 amide bonds. The maximum Gasteiger partial charge on any atom is 0.494 e. The van der Waals surface area contributed by atoms with E-state index in [0.717, 1.165) is 17.6 Å². The zero-order chi connectivity index (χ0) is 20.0. The molecule has 1 atom stereocenters. The smallest absolute Gasteiger partial charge is 0.399 e. The van der Waals surface area contributed by atoms with Crippen LogP contribution in [-0.4, -0.2) is 23.4 Å². The molecule has 1 aliphatic rings. The topological polar surface area (TPSA) is 38.7 Å². The average molecular weight is 378 g/mol. The van der Waals surface area contributed by atoms with E-state index in [1.54, 1.807) is 24.3 Å². The highest BCUT2D eigenvalue weighted by Gasteiger charge is 2.51. The quantitative estimate of drug-likeness (QED) is 0.818. The first-order valence-electron chi connectivity index (χ1n) is 8.71. The van der Waals surface area contributed by atoms with Gasteiger partial charge in [-0.2, -0.15) is 13.2 Å². The van der Waals surface area contributed by atoms with E-state index >= 15 is 0 Å². The number of rotatable bonds is 3. The molecule has 1 N–H and O–H groups in total. The van der Waals surface area contributed by atoms with Crippen molar-refractivity contribution in [2.24, 2.45) is 0 Å². The first-order valence-corrected chi connectivity index (χ1v) is 8.71. The van der Waals surface area contributed by atoms with Gasteiger partial charge < -0.3 is 14.4 Å². The van der Waals surface area contributed by atoms with Gasteiger partial charge in [0.15, 0.2) is 0 Å². The van der Waals surface area contributed by atoms with Crippen LogP contribution in [-0.2, 0) is 15.5 Å². The van der Waals surface area contributed by atoms with Crippen molar-refractivity contribution in [2.45, 2.75) is 51.2 Å². The van der Waals surface area contributed by atoms with Crippen molar-refractivity contribution in [3.8, 4) is 0 Å². The molecule has 7 heteroatoms. The molecule has 144 valence electrons. The molecule has 3 rings (SSSR count). The van der Waals surface area contributed by atoms with E-state index in [9.17, 15) is 18.3 Å². The van der Waals surface area contributed by atoms with Crippen LogP contribution in [0.3, 0.4) is 0 Å². The van der Waals surface area contributed by atoms with E-state index in [-0.39, 0.29) is 5.56 Å². The first-order chi connectivity index (χ1) is 12.4. The van der Waals surface area contributed by atoms with Crippen LogP contribution in [0.2, 0.25) is 0 Å². The van der Waals surface area contributed by atoms with E-state index in [2.05, 4.69) is 0 Å². The van der Waals surface area contributed by atoms with Gasteiger partial charge in [-0.1, -0.05) is 36.4 Å². The molecule has 0 aliphatic carbocycles. The van der Waals surface area contributed by atoms with Gasteiger partial charge in [0.25, 0.3) is 0 Å². The number of aliphatic hydroxyl groups is 1. The molecule has 0 saturated carbocycles. The third kappa shape index (κ3) is 3.90. The van der Waals surface area contributed by atoms with Crippen molar-refractivity contribution in [3.05, 3.63) is 65.2 Å². The minimum atomic E-state index is -4.45. The van der Waals surface area contributed by atoms with E-state index in [1.807, 2.05) is 27.7 Å². The lowest BCUT2D eigenvalue weighted by molar-refractivity contribution is -0.137. The molecule has 0 spiro atoms. The highest BCUT2D eigenvalue weighted by molar-refractivity contribution is 6.62. The normalized spacial score (nSPS) is 19.9. The van der Waals surface area contributed by atoms with E-state index < -0.39 is 36.2 Å². The Hall–Kier alpha value is -1.83. The second-order valence-corrected chi connectivity index (χ2v) is 7.78. The van der Waals surface area contributed by atoms with Crippen LogP contribution in [0.15, 0.2) is 48.5 Å². The van der Waals surface area contributed by atoms with Crippen LogP contribution in [0.5, 0.6) is 0 Å². The summed E-state index contributed by atoms with van der Waals surface area (Å²) in [7, 11) is -0.533. The number of hydrogen-bond donors (Lipinski definition) is 1. The van der Waals surface area contributed by atoms with Gasteiger partial charge in [-0.15, -0.1) is 0 Å². The van der Waals surface area contributed by atoms with Crippen LogP contribution in [0, 0.1) is 0 Å². The molecule has 1 unspecified atom stereocenters. The molecular weight excluding hydrogens is 356 g/mol. The van der Waals surface area contributed by atoms with Crippen molar-refractivity contribution < 1.29 is 27.6 Å². The fraction of sp³-hybridized carbons (Fsp3) is 0.400. The Labute approximate surface area is 157 Å². The van der Waals surface area contributed by atoms with Gasteiger partial charge in [0.1, 0.15) is 6.10 Å². The molecule has 0 radical (unpaired) electrons. The van der Waals surface area contributed by atoms with Crippen LogP contribution in [0.4, 0.5) is 13.2 Å². The Bertz CT molecular complexity index is 800. The van der Waals surface area contributed by atoms with Gasteiger partial charge in [-0.25, -0.2) is 0 Å². The Morgan fingerprint density at radius 1 is 0.889 bits per heavy atom. The summed E-state index contributed by atoms with van der Waals surface area (Å²) in [4.78, 5) is 0. The van der Waals surface area contributed by atoms with Crippen LogP contribution in [0.25, 0.3) is 0 Å². The lowest BCUT2D eigenvalue weighted by Gasteiger charge is -2.32. The molecule has 2 aromatic carbocycles. The molecule has 3 nitrogen and oxygen atoms in total. The molecule has 1 aliphatic heterocycles. The summed E-state index contributed by atoms with van der Waals surface area (Å²) in [6, 6.07) is 11.6. The monoisotopic (exact) mass is 378 g/mol. The summed E-state index contributed by atoms with van der Waals surface area (Å²) in [5, 5.41) is 10.5. The Kier molecular flexibility index (Phi) is 4.91. The van der Waals surface area contributed by atoms with Crippen molar-refractivity contribution in [1.82, 2.24) is 0 Å². The number of halogens is 3. The second-order valence-electron chi connectivity index (χ2n) is 7.78. The van der Waals surface area contributed by atoms with Gasteiger partial charge in [0.2, 0.25) is 0 Å². The number of alkyl halides is 3. The third-order valence-corrected chi connectivity index (χ3v) is 5.31. The minimum absolute atomic E-state index is 0.188. The summed E-state index contributed by atoms with van der Waals surface area (Å²) in [6.45, 7) is 7.83. The number of hydrogen-bond acceptors (Lipinski definition) is 3. The Balaban J connectivity index is 1.80. The van der Waals surface area contributed by atoms with Gasteiger partial charge in [0, 0.05) is 0 Å². The SMILES string of the molecule is CC1(C)OB(c2ccc(C(O)c3cccc(C(F)(F)F)c3)cc2)OC1(C)C. The van der Waals surface area contributed by atoms with E-state index in [0.29, 0.717) is 5.56 Å². The molecule has 27 heavy (non-hydrogen) atoms. The summed E-state index contributed by atoms with van der Waals surface area (Å²) in [5.74, 6) is 0. The molecule has 1 fully saturated rings. The van der Waals surface area contributed by atoms with Gasteiger partial charge in [-0.05, 0) is 56.4 Å². The maximum atomic E-state index is 12.9. The van der Waals surface area contributed by atoms with E-state index in [4.69, 9.17) is 9.31 Å². The maximum absolute atomic E-state index is 12.9. The van der Waals surface area contributed by atoms with Crippen LogP contribution >= 0.6 is 0 Å². The highest BCUT2D eigenvalue weighted by atomic mass is 19.4. The minimum Gasteiger partial charge on any atom is -0.399 e. The summed E-state index contributed by atoms with van der Waals surface area (Å²) >= 11 is 0. The predicted molar refractivity (Wildman–Crippen MR) is 97.7 cm³/mol. The summed E-state index contributed by atoms with van der Waals surface area (Å²) in [5.41, 5.74) is -0.244. The van der Waals surface area contributed by atoms with E-state index in [1.165, 1.54) is 12.1 Å². The lowest BCUT2D eigenvalue weighted by Crippen LogP contribution is -2.41. The van der Waals surface area contributed by atoms with Crippen molar-refractivity contribution in [1.29, 1.82) is 0 Å². The van der Waals surface area contributed by atoms with Crippen LogP contribution in [0.1, 0.15) is 50.5 Å². The zero-order valence-corrected chi connectivity index (χ0v) is 15.7. The molecule has 1 heterocycles. The fourth-order valence-corrected chi connectivity index (χ4v) is 2.89. The number of aliphatic hydroxyl groups excluding tert-OH is 1. The van der Waals surface area contributed by atoms with Gasteiger partial charge in [0.05, 0.1) is 16.8 Å². The van der Waals surface area contributed by atoms with Crippen LogP contribution < -0.4 is 5.46 Å². The molecule has 1 saturated heterocycles. The highest BCUT2D eigenvalue weighted by Crippen LogP contribution is 2.36. The van der Waals surface area contributed by atoms with Gasteiger partial charge in [-0.3, -0.25) is 0 Å². The molecule has 0 bridgehead atoms. The first kappa shape index (κ1) is 19.9. The van der Waals surface area contributed by atoms with Gasteiger partial charge >= 0.3 is 13.3 Å². The fourth-order valence-electron chi connectivity index (χ4n) is 2.89. The third-order valence-electron chi connectivity index (χ3n) is 5.31. The Morgan fingerprint density at radius 2 is 1.44 bits per heavy atom. The largest absolute Gasteiger partial charge is 0.494 e. The zero-order valence-electron chi connectivity index (χ0n) is 15.7. The molecule has 2 aromatic rings. The van der Waals surface area contributed by atoms with Crippen molar-refractivity contribution in [3.63, 3.8) is 0 Å². The Morgan fingerprint density at radius 3 is 1.96 bits per heavy atom. The van der Waals surface area contributed by atoms with Crippen molar-refractivity contribution in [2.75, 3.05) is 0 Å². The average Bonchev–Trinajstić information content (AvgIpc) is 2.81. The lowest BCUT2D eigenvalue weighted by atomic mass is 9.78. The standard InChI is InChI=1S/C20H22BF3O3/c1-18(2)19(3,4)27-21(26-18)16-10-8-13(9-11-16)17(25)14-6-5-7-15(12-14)20(22,23)24/h5-12,17,25H,1-4H3. The summed E-state index contributed by atoms with van der Waals surface area (Å²) in [6.07, 6.45) is -5.60. The predicted octanol–water partition coefficient (Wildman–Crippen LogP) is 4.09. The molecular formula is C20H22BF3O3. The number of benzene rings is 2. The molecule has 0 aromatic heterocycles.